The molecule has 30 heavy (non-hydrogen) atoms. The number of hydrogen-bond donors (Lipinski definition) is 1. The van der Waals surface area contributed by atoms with Crippen LogP contribution in [0.15, 0.2) is 46.0 Å². The number of aromatic nitrogens is 1. The SMILES string of the molecule is C=S1(=O)C[C@@](C)(c2sc(-c3coc(-c4ccc(F)cc4)n3)cc2Cl)N=C(N)C1(C)C. The summed E-state index contributed by atoms with van der Waals surface area (Å²) in [4.78, 5) is 10.7. The third-order valence-corrected chi connectivity index (χ3v) is 10.4. The van der Waals surface area contributed by atoms with Crippen LogP contribution in [0.1, 0.15) is 25.6 Å². The van der Waals surface area contributed by atoms with E-state index in [1.54, 1.807) is 32.0 Å². The Kier molecular flexibility index (Phi) is 4.87. The lowest BCUT2D eigenvalue weighted by Crippen LogP contribution is -2.54. The molecule has 2 N–H and O–H groups in total. The number of nitrogens with two attached hydrogens (primary N) is 1. The highest BCUT2D eigenvalue weighted by Gasteiger charge is 2.46. The van der Waals surface area contributed by atoms with Crippen molar-refractivity contribution in [3.63, 3.8) is 0 Å². The van der Waals surface area contributed by atoms with Crippen LogP contribution in [0.2, 0.25) is 5.02 Å². The number of thiophene rings is 1. The second-order valence-electron chi connectivity index (χ2n) is 8.07. The lowest BCUT2D eigenvalue weighted by Gasteiger charge is -2.40. The van der Waals surface area contributed by atoms with E-state index < -0.39 is 19.8 Å². The van der Waals surface area contributed by atoms with Gasteiger partial charge in [0.15, 0.2) is 0 Å². The molecule has 9 heteroatoms. The van der Waals surface area contributed by atoms with Gasteiger partial charge < -0.3 is 10.2 Å². The van der Waals surface area contributed by atoms with Crippen LogP contribution in [-0.2, 0) is 15.1 Å². The summed E-state index contributed by atoms with van der Waals surface area (Å²) >= 11 is 7.96. The molecule has 1 aliphatic rings. The third kappa shape index (κ3) is 3.36. The summed E-state index contributed by atoms with van der Waals surface area (Å²) in [6.45, 7) is 5.47. The Hall–Kier alpha value is -2.16. The van der Waals surface area contributed by atoms with Gasteiger partial charge in [-0.25, -0.2) is 9.37 Å². The van der Waals surface area contributed by atoms with Crippen LogP contribution in [0.25, 0.3) is 22.0 Å². The number of rotatable bonds is 3. The summed E-state index contributed by atoms with van der Waals surface area (Å²) in [6, 6.07) is 7.69. The molecule has 3 heterocycles. The quantitative estimate of drug-likeness (QED) is 0.555. The second kappa shape index (κ2) is 6.93. The fourth-order valence-electron chi connectivity index (χ4n) is 3.35. The summed E-state index contributed by atoms with van der Waals surface area (Å²) < 4.78 is 31.2. The molecular weight excluding hydrogens is 445 g/mol. The van der Waals surface area contributed by atoms with E-state index in [9.17, 15) is 8.60 Å². The first-order valence-corrected chi connectivity index (χ1v) is 12.2. The Balaban J connectivity index is 1.73. The van der Waals surface area contributed by atoms with Crippen molar-refractivity contribution in [2.75, 3.05) is 5.75 Å². The monoisotopic (exact) mass is 465 g/mol. The number of aliphatic imine (C=N–C) groups is 1. The van der Waals surface area contributed by atoms with E-state index in [-0.39, 0.29) is 11.6 Å². The minimum atomic E-state index is -2.55. The number of oxazole rings is 1. The van der Waals surface area contributed by atoms with Gasteiger partial charge in [-0.2, -0.15) is 0 Å². The average Bonchev–Trinajstić information content (AvgIpc) is 3.27. The Morgan fingerprint density at radius 1 is 1.30 bits per heavy atom. The van der Waals surface area contributed by atoms with Crippen LogP contribution in [0.3, 0.4) is 0 Å². The highest BCUT2D eigenvalue weighted by atomic mass is 35.5. The first-order chi connectivity index (χ1) is 13.9. The highest BCUT2D eigenvalue weighted by molar-refractivity contribution is 8.02. The molecular formula is C21H21ClFN3O2S2. The number of halogens is 2. The minimum Gasteiger partial charge on any atom is -0.444 e. The lowest BCUT2D eigenvalue weighted by atomic mass is 10.0. The van der Waals surface area contributed by atoms with Gasteiger partial charge in [0.2, 0.25) is 5.89 Å². The molecule has 0 fully saturated rings. The molecule has 5 nitrogen and oxygen atoms in total. The summed E-state index contributed by atoms with van der Waals surface area (Å²) in [5.74, 6) is 4.57. The van der Waals surface area contributed by atoms with Crippen LogP contribution in [0.4, 0.5) is 4.39 Å². The zero-order chi connectivity index (χ0) is 21.9. The van der Waals surface area contributed by atoms with Gasteiger partial charge in [0.25, 0.3) is 0 Å². The van der Waals surface area contributed by atoms with E-state index in [0.717, 1.165) is 9.75 Å². The van der Waals surface area contributed by atoms with Crippen LogP contribution in [0, 0.1) is 5.82 Å². The molecule has 0 aliphatic carbocycles. The molecule has 0 amide bonds. The van der Waals surface area contributed by atoms with E-state index in [0.29, 0.717) is 28.0 Å². The standard InChI is InChI=1S/C21H21ClFN3O2S2/c1-20(2)19(24)26-21(3,11-30(20,4)27)17-14(22)9-16(29-17)15-10-28-18(25-15)12-5-7-13(23)8-6-12/h5-10H,4,11H2,1-3H3,(H2,24,26)/t21-,30?/m0/s1. The zero-order valence-electron chi connectivity index (χ0n) is 16.7. The van der Waals surface area contributed by atoms with Crippen LogP contribution in [-0.4, -0.2) is 31.4 Å². The van der Waals surface area contributed by atoms with Crippen molar-refractivity contribution in [3.8, 4) is 22.0 Å². The molecule has 2 aromatic heterocycles. The molecule has 4 rings (SSSR count). The summed E-state index contributed by atoms with van der Waals surface area (Å²) in [7, 11) is -2.55. The van der Waals surface area contributed by atoms with Gasteiger partial charge in [-0.3, -0.25) is 9.20 Å². The van der Waals surface area contributed by atoms with Crippen molar-refractivity contribution in [1.82, 2.24) is 4.98 Å². The molecule has 0 saturated heterocycles. The van der Waals surface area contributed by atoms with Gasteiger partial charge >= 0.3 is 0 Å². The van der Waals surface area contributed by atoms with Crippen molar-refractivity contribution < 1.29 is 13.0 Å². The molecule has 158 valence electrons. The number of amidine groups is 1. The maximum absolute atomic E-state index is 13.3. The van der Waals surface area contributed by atoms with Crippen molar-refractivity contribution >= 4 is 44.2 Å². The fraction of sp³-hybridized carbons (Fsp3) is 0.286. The van der Waals surface area contributed by atoms with Crippen LogP contribution >= 0.6 is 22.9 Å². The van der Waals surface area contributed by atoms with E-state index in [1.807, 2.05) is 6.92 Å². The molecule has 0 radical (unpaired) electrons. The maximum Gasteiger partial charge on any atom is 0.226 e. The van der Waals surface area contributed by atoms with Crippen molar-refractivity contribution in [2.45, 2.75) is 31.1 Å². The predicted octanol–water partition coefficient (Wildman–Crippen LogP) is 4.94. The Labute approximate surface area is 183 Å². The maximum atomic E-state index is 13.3. The lowest BCUT2D eigenvalue weighted by molar-refractivity contribution is 0.543. The van der Waals surface area contributed by atoms with Crippen LogP contribution in [0.5, 0.6) is 0 Å². The fourth-order valence-corrected chi connectivity index (χ4v) is 6.93. The van der Waals surface area contributed by atoms with Gasteiger partial charge in [0.1, 0.15) is 29.1 Å². The summed E-state index contributed by atoms with van der Waals surface area (Å²) in [5, 5.41) is 0.496. The average molecular weight is 466 g/mol. The van der Waals surface area contributed by atoms with E-state index in [2.05, 4.69) is 15.8 Å². The van der Waals surface area contributed by atoms with Gasteiger partial charge in [-0.05, 0) is 66.5 Å². The van der Waals surface area contributed by atoms with Crippen molar-refractivity contribution in [2.24, 2.45) is 10.7 Å². The molecule has 2 atom stereocenters. The van der Waals surface area contributed by atoms with Gasteiger partial charge in [0.05, 0.1) is 19.5 Å². The van der Waals surface area contributed by atoms with Crippen LogP contribution < -0.4 is 5.73 Å². The Morgan fingerprint density at radius 2 is 1.97 bits per heavy atom. The van der Waals surface area contributed by atoms with E-state index >= 15 is 0 Å². The Morgan fingerprint density at radius 3 is 2.60 bits per heavy atom. The van der Waals surface area contributed by atoms with Gasteiger partial charge in [-0.1, -0.05) is 11.6 Å². The molecule has 1 aliphatic heterocycles. The first kappa shape index (κ1) is 21.1. The molecule has 1 unspecified atom stereocenters. The number of hydrogen-bond acceptors (Lipinski definition) is 6. The largest absolute Gasteiger partial charge is 0.444 e. The zero-order valence-corrected chi connectivity index (χ0v) is 19.1. The van der Waals surface area contributed by atoms with Crippen molar-refractivity contribution in [1.29, 1.82) is 0 Å². The molecule has 0 bridgehead atoms. The second-order valence-corrected chi connectivity index (χ2v) is 12.5. The Bertz CT molecular complexity index is 1260. The first-order valence-electron chi connectivity index (χ1n) is 9.15. The highest BCUT2D eigenvalue weighted by Crippen LogP contribution is 2.45. The van der Waals surface area contributed by atoms with Gasteiger partial charge in [0, 0.05) is 11.3 Å². The number of benzene rings is 1. The molecule has 0 saturated carbocycles. The normalized spacial score (nSPS) is 25.8. The third-order valence-electron chi connectivity index (χ3n) is 5.45. The minimum absolute atomic E-state index is 0.243. The smallest absolute Gasteiger partial charge is 0.226 e. The summed E-state index contributed by atoms with van der Waals surface area (Å²) in [5.41, 5.74) is 6.61. The van der Waals surface area contributed by atoms with Gasteiger partial charge in [-0.15, -0.1) is 11.3 Å². The van der Waals surface area contributed by atoms with E-state index in [1.165, 1.54) is 29.7 Å². The number of nitrogens with zero attached hydrogens (tertiary/aromatic N) is 2. The van der Waals surface area contributed by atoms with E-state index in [4.69, 9.17) is 21.8 Å². The summed E-state index contributed by atoms with van der Waals surface area (Å²) in [6.07, 6.45) is 1.53. The predicted molar refractivity (Wildman–Crippen MR) is 123 cm³/mol. The molecule has 1 aromatic carbocycles. The molecule has 0 spiro atoms. The molecule has 3 aromatic rings. The van der Waals surface area contributed by atoms with Crippen molar-refractivity contribution in [3.05, 3.63) is 52.3 Å². The topological polar surface area (TPSA) is 81.5 Å².